The number of hydrogen-bond donors (Lipinski definition) is 8. The first-order valence-electron chi connectivity index (χ1n) is 42.6. The van der Waals surface area contributed by atoms with E-state index in [0.717, 1.165) is 27.8 Å². The maximum Gasteiger partial charge on any atom is 0.324 e. The monoisotopic (exact) mass is 1750 g/mol. The number of benzene rings is 7. The van der Waals surface area contributed by atoms with E-state index in [1.165, 1.54) is 38.6 Å². The zero-order chi connectivity index (χ0) is 91.9. The van der Waals surface area contributed by atoms with Crippen LogP contribution in [0.3, 0.4) is 0 Å². The molecule has 0 saturated carbocycles. The lowest BCUT2D eigenvalue weighted by Crippen LogP contribution is -2.48. The van der Waals surface area contributed by atoms with E-state index < -0.39 is 125 Å². The van der Waals surface area contributed by atoms with Gasteiger partial charge in [-0.1, -0.05) is 176 Å². The average molecular weight is 1750 g/mol. The normalized spacial score (nSPS) is 12.8. The summed E-state index contributed by atoms with van der Waals surface area (Å²) >= 11 is 0. The van der Waals surface area contributed by atoms with E-state index in [9.17, 15) is 72.2 Å². The molecule has 5 amide bonds. The van der Waals surface area contributed by atoms with Gasteiger partial charge in [0, 0.05) is 115 Å². The molecule has 30 nitrogen and oxygen atoms in total. The van der Waals surface area contributed by atoms with E-state index in [1.807, 2.05) is 133 Å². The van der Waals surface area contributed by atoms with E-state index in [0.29, 0.717) is 62.8 Å². The third-order valence-electron chi connectivity index (χ3n) is 20.6. The number of nitrogens with one attached hydrogen (secondary N) is 5. The number of methoxy groups -OCH3 is 2. The summed E-state index contributed by atoms with van der Waals surface area (Å²) in [5.74, 6) is -6.02. The Kier molecular flexibility index (Phi) is 48.5. The molecule has 0 unspecified atom stereocenters. The molecule has 8 atom stereocenters. The third kappa shape index (κ3) is 42.5. The number of esters is 2. The molecule has 127 heavy (non-hydrogen) atoms. The summed E-state index contributed by atoms with van der Waals surface area (Å²) in [6.07, 6.45) is -1.70. The standard InChI is InChI=1S/C59H68N2O12.C38H52N4O12/c1-43(62)36-50(37-45-25-28-51(29-26-45)71-40-46-18-9-4-10-19-46)59(68)61-53(38-44-16-7-3-8-17-44)55(64)39-49(27-31-56(65)72-41-47-20-11-5-12-21-47)58(67)60-52(54(63)24-15-33-70-35-34-69-2)30-32-57(66)73-42-48-22-13-6-14-23-48;1-25(43)21-29(22-27-10-13-30(44)14-11-27)38(50)41-32(23-26-7-4-3-5-8-26)34(46)24-28(12-17-36(48)54-39)37(49)40-31(15-16-35(47)42-51)33(45)9-6-18-53-20-19-52-2/h3-14,16-23,25-26,28-29,49-50,52-53H,15,24,27,30-42H2,1-2H3,(H,60,67)(H,61,68);3-5,7-8,10-11,13-14,28-29,31-32,44,51H,6,9,12,15-24,39H2,1-2H3,(H,40,49)(H,41,50)(H,42,47)/t49-,50+,52-,53-;28-,29+,31-,32-/m11/s1. The number of ether oxygens (including phenoxy) is 7. The predicted octanol–water partition coefficient (Wildman–Crippen LogP) is 10.1. The lowest BCUT2D eigenvalue weighted by Gasteiger charge is -2.25. The summed E-state index contributed by atoms with van der Waals surface area (Å²) in [4.78, 5) is 191. The van der Waals surface area contributed by atoms with Gasteiger partial charge in [0.05, 0.1) is 50.6 Å². The topological polar surface area (TPSA) is 439 Å². The van der Waals surface area contributed by atoms with Crippen molar-refractivity contribution in [3.8, 4) is 11.5 Å². The number of phenols is 1. The molecule has 0 heterocycles. The maximum absolute atomic E-state index is 14.7. The Morgan fingerprint density at radius 3 is 1.06 bits per heavy atom. The number of Topliss-reactive ketones (excluding diaryl/α,β-unsaturated/α-hetero) is 6. The van der Waals surface area contributed by atoms with Gasteiger partial charge in [-0.25, -0.2) is 5.48 Å². The van der Waals surface area contributed by atoms with Gasteiger partial charge < -0.3 is 74.0 Å². The van der Waals surface area contributed by atoms with Crippen LogP contribution in [0.25, 0.3) is 0 Å². The Balaban J connectivity index is 0.000000411. The highest BCUT2D eigenvalue weighted by molar-refractivity contribution is 5.97. The van der Waals surface area contributed by atoms with Crippen LogP contribution in [0, 0.1) is 23.7 Å². The van der Waals surface area contributed by atoms with Gasteiger partial charge in [0.15, 0.2) is 23.1 Å². The number of ketones is 6. The second kappa shape index (κ2) is 59.6. The van der Waals surface area contributed by atoms with Crippen molar-refractivity contribution in [2.45, 2.75) is 186 Å². The number of nitrogens with two attached hydrogens (primary N) is 1. The Morgan fingerprint density at radius 2 is 0.677 bits per heavy atom. The van der Waals surface area contributed by atoms with Crippen LogP contribution in [-0.4, -0.2) is 170 Å². The number of hydrogen-bond acceptors (Lipinski definition) is 25. The summed E-state index contributed by atoms with van der Waals surface area (Å²) in [5, 5.41) is 29.8. The highest BCUT2D eigenvalue weighted by Crippen LogP contribution is 2.25. The Labute approximate surface area is 741 Å². The number of carbonyl (C=O) groups is 14. The molecule has 9 N–H and O–H groups in total. The van der Waals surface area contributed by atoms with Crippen LogP contribution in [0.15, 0.2) is 200 Å². The summed E-state index contributed by atoms with van der Waals surface area (Å²) in [5.41, 5.74) is 6.94. The van der Waals surface area contributed by atoms with Gasteiger partial charge in [0.1, 0.15) is 42.9 Å². The quantitative estimate of drug-likeness (QED) is 0.00760. The number of aromatic hydroxyl groups is 1. The second-order valence-electron chi connectivity index (χ2n) is 30.9. The molecule has 0 aliphatic rings. The van der Waals surface area contributed by atoms with Crippen molar-refractivity contribution in [3.05, 3.63) is 239 Å². The Morgan fingerprint density at radius 1 is 0.339 bits per heavy atom. The number of phenolic OH excluding ortho intramolecular Hbond substituents is 1. The van der Waals surface area contributed by atoms with Crippen molar-refractivity contribution in [1.82, 2.24) is 26.7 Å². The first-order chi connectivity index (χ1) is 61.3. The van der Waals surface area contributed by atoms with Gasteiger partial charge in [-0.05, 0) is 141 Å². The van der Waals surface area contributed by atoms with Crippen LogP contribution in [-0.2, 0) is 146 Å². The smallest absolute Gasteiger partial charge is 0.324 e. The van der Waals surface area contributed by atoms with Crippen LogP contribution in [0.5, 0.6) is 11.5 Å². The van der Waals surface area contributed by atoms with Crippen LogP contribution in [0.4, 0.5) is 0 Å². The molecule has 7 aromatic rings. The molecule has 0 aromatic heterocycles. The van der Waals surface area contributed by atoms with Crippen molar-refractivity contribution in [1.29, 1.82) is 0 Å². The van der Waals surface area contributed by atoms with Crippen molar-refractivity contribution in [2.24, 2.45) is 29.6 Å². The fraction of sp³-hybridized carbons (Fsp3) is 0.423. The fourth-order valence-corrected chi connectivity index (χ4v) is 13.7. The molecule has 0 radical (unpaired) electrons. The van der Waals surface area contributed by atoms with Crippen LogP contribution < -0.4 is 37.4 Å². The molecule has 0 saturated heterocycles. The molecule has 0 aliphatic carbocycles. The molecule has 7 rings (SSSR count). The molecule has 682 valence electrons. The largest absolute Gasteiger partial charge is 0.508 e. The number of rotatable bonds is 61. The molecule has 0 aliphatic heterocycles. The minimum absolute atomic E-state index is 0.000386. The van der Waals surface area contributed by atoms with Crippen molar-refractivity contribution in [3.63, 3.8) is 0 Å². The van der Waals surface area contributed by atoms with Crippen LogP contribution >= 0.6 is 0 Å². The molecular weight excluding hydrogens is 1630 g/mol. The van der Waals surface area contributed by atoms with E-state index in [1.54, 1.807) is 61.7 Å². The van der Waals surface area contributed by atoms with Gasteiger partial charge in [-0.3, -0.25) is 62.7 Å². The molecule has 30 heteroatoms. The first-order valence-corrected chi connectivity index (χ1v) is 42.6. The zero-order valence-electron chi connectivity index (χ0n) is 72.6. The Bertz CT molecular complexity index is 4550. The fourth-order valence-electron chi connectivity index (χ4n) is 13.7. The maximum atomic E-state index is 14.7. The van der Waals surface area contributed by atoms with Gasteiger partial charge in [0.2, 0.25) is 29.5 Å². The predicted molar refractivity (Wildman–Crippen MR) is 468 cm³/mol. The average Bonchev–Trinajstić information content (AvgIpc) is 0.850. The van der Waals surface area contributed by atoms with Crippen molar-refractivity contribution < 1.29 is 115 Å². The van der Waals surface area contributed by atoms with Gasteiger partial charge >= 0.3 is 17.9 Å². The lowest BCUT2D eigenvalue weighted by atomic mass is 9.89. The summed E-state index contributed by atoms with van der Waals surface area (Å²) < 4.78 is 37.9. The minimum atomic E-state index is -1.20. The molecular formula is C97H120N6O24. The van der Waals surface area contributed by atoms with E-state index in [-0.39, 0.29) is 152 Å². The number of amides is 5. The SMILES string of the molecule is COCCOCCCC(=O)[C@@H](CCC(=O)NO)NC(=O)[C@H](CCC(=O)ON)CC(=O)[C@@H](Cc1ccccc1)NC(=O)[C@@H](CC(C)=O)Cc1ccc(O)cc1.COCCOCCCC(=O)[C@@H](CCC(=O)OCc1ccccc1)NC(=O)[C@H](CCC(=O)OCc1ccccc1)CC(=O)[C@@H](Cc1ccccc1)NC(=O)[C@@H](CC(C)=O)Cc1ccc(OCc2ccccc2)cc1. The Hall–Kier alpha value is -12.3. The van der Waals surface area contributed by atoms with Gasteiger partial charge in [-0.15, -0.1) is 0 Å². The first kappa shape index (κ1) is 103. The minimum Gasteiger partial charge on any atom is -0.508 e. The summed E-state index contributed by atoms with van der Waals surface area (Å²) in [6.45, 7) is 5.08. The molecule has 7 aromatic carbocycles. The third-order valence-corrected chi connectivity index (χ3v) is 20.6. The molecule has 0 spiro atoms. The van der Waals surface area contributed by atoms with Crippen LogP contribution in [0.1, 0.15) is 156 Å². The van der Waals surface area contributed by atoms with Gasteiger partial charge in [-0.2, -0.15) is 5.90 Å². The molecule has 0 fully saturated rings. The number of hydroxylamine groups is 1. The zero-order valence-corrected chi connectivity index (χ0v) is 72.6. The second-order valence-corrected chi connectivity index (χ2v) is 30.9. The van der Waals surface area contributed by atoms with E-state index in [4.69, 9.17) is 44.3 Å². The number of carbonyl (C=O) groups excluding carboxylic acids is 14. The van der Waals surface area contributed by atoms with E-state index >= 15 is 0 Å². The van der Waals surface area contributed by atoms with Crippen molar-refractivity contribution >= 4 is 82.1 Å². The van der Waals surface area contributed by atoms with Crippen molar-refractivity contribution in [2.75, 3.05) is 53.9 Å². The van der Waals surface area contributed by atoms with E-state index in [2.05, 4.69) is 26.1 Å². The lowest BCUT2D eigenvalue weighted by molar-refractivity contribution is -0.147. The van der Waals surface area contributed by atoms with Gasteiger partial charge in [0.25, 0.3) is 0 Å². The van der Waals surface area contributed by atoms with Crippen LogP contribution in [0.2, 0.25) is 0 Å². The highest BCUT2D eigenvalue weighted by Gasteiger charge is 2.36. The summed E-state index contributed by atoms with van der Waals surface area (Å²) in [6, 6.07) is 54.7. The highest BCUT2D eigenvalue weighted by atomic mass is 16.7. The summed E-state index contributed by atoms with van der Waals surface area (Å²) in [7, 11) is 3.08. The molecule has 0 bridgehead atoms.